The van der Waals surface area contributed by atoms with Crippen molar-refractivity contribution in [3.63, 3.8) is 0 Å². The van der Waals surface area contributed by atoms with Crippen molar-refractivity contribution in [2.24, 2.45) is 0 Å². The Balaban J connectivity index is 1.56. The molecule has 0 spiro atoms. The van der Waals surface area contributed by atoms with Gasteiger partial charge in [-0.3, -0.25) is 9.59 Å². The number of benzene rings is 2. The first kappa shape index (κ1) is 17.8. The lowest BCUT2D eigenvalue weighted by Crippen LogP contribution is -2.46. The van der Waals surface area contributed by atoms with Crippen LogP contribution < -0.4 is 5.32 Å². The van der Waals surface area contributed by atoms with Crippen molar-refractivity contribution >= 4 is 11.8 Å². The highest BCUT2D eigenvalue weighted by molar-refractivity contribution is 5.95. The number of carbonyl (C=O) groups excluding carboxylic acids is 2. The van der Waals surface area contributed by atoms with Crippen LogP contribution >= 0.6 is 0 Å². The minimum Gasteiger partial charge on any atom is -0.508 e. The first-order chi connectivity index (χ1) is 12.4. The molecule has 2 aromatic rings. The van der Waals surface area contributed by atoms with E-state index in [2.05, 4.69) is 5.32 Å². The number of rotatable bonds is 3. The molecule has 0 bridgehead atoms. The number of hydrogen-bond donors (Lipinski definition) is 3. The highest BCUT2D eigenvalue weighted by Crippen LogP contribution is 2.23. The van der Waals surface area contributed by atoms with E-state index in [-0.39, 0.29) is 34.9 Å². The first-order valence-corrected chi connectivity index (χ1v) is 8.62. The summed E-state index contributed by atoms with van der Waals surface area (Å²) >= 11 is 0. The van der Waals surface area contributed by atoms with Crippen LogP contribution in [0.25, 0.3) is 0 Å². The van der Waals surface area contributed by atoms with Gasteiger partial charge in [0.05, 0.1) is 0 Å². The van der Waals surface area contributed by atoms with Crippen LogP contribution in [-0.2, 0) is 0 Å². The number of nitrogens with one attached hydrogen (secondary N) is 1. The number of phenols is 2. The lowest BCUT2D eigenvalue weighted by atomic mass is 10.0. The van der Waals surface area contributed by atoms with Crippen LogP contribution in [0, 0.1) is 6.92 Å². The predicted octanol–water partition coefficient (Wildman–Crippen LogP) is 2.44. The van der Waals surface area contributed by atoms with E-state index >= 15 is 0 Å². The molecule has 2 amide bonds. The number of hydrogen-bond acceptors (Lipinski definition) is 4. The van der Waals surface area contributed by atoms with Gasteiger partial charge in [-0.05, 0) is 44.0 Å². The molecule has 0 radical (unpaired) electrons. The van der Waals surface area contributed by atoms with Gasteiger partial charge in [-0.25, -0.2) is 0 Å². The van der Waals surface area contributed by atoms with E-state index in [1.807, 2.05) is 19.1 Å². The van der Waals surface area contributed by atoms with E-state index in [4.69, 9.17) is 0 Å². The van der Waals surface area contributed by atoms with Crippen LogP contribution in [0.4, 0.5) is 0 Å². The van der Waals surface area contributed by atoms with Gasteiger partial charge < -0.3 is 20.4 Å². The standard InChI is InChI=1S/C20H22N2O4/c1-13-2-4-14(5-3-13)19(25)21-16-6-8-22(9-7-16)20(26)15-10-17(23)12-18(24)11-15/h2-5,10-12,16,23-24H,6-9H2,1H3,(H,21,25). The minimum absolute atomic E-state index is 0.0189. The summed E-state index contributed by atoms with van der Waals surface area (Å²) in [7, 11) is 0. The zero-order chi connectivity index (χ0) is 18.7. The van der Waals surface area contributed by atoms with E-state index in [0.717, 1.165) is 5.56 Å². The molecule has 6 heteroatoms. The molecule has 3 N–H and O–H groups in total. The van der Waals surface area contributed by atoms with Gasteiger partial charge in [-0.1, -0.05) is 17.7 Å². The fourth-order valence-electron chi connectivity index (χ4n) is 3.10. The Hall–Kier alpha value is -3.02. The Morgan fingerprint density at radius 3 is 2.12 bits per heavy atom. The van der Waals surface area contributed by atoms with Crippen molar-refractivity contribution in [3.8, 4) is 11.5 Å². The number of piperidine rings is 1. The Labute approximate surface area is 152 Å². The summed E-state index contributed by atoms with van der Waals surface area (Å²) < 4.78 is 0. The maximum Gasteiger partial charge on any atom is 0.254 e. The normalized spacial score (nSPS) is 14.9. The monoisotopic (exact) mass is 354 g/mol. The summed E-state index contributed by atoms with van der Waals surface area (Å²) in [5, 5.41) is 22.1. The molecule has 0 aromatic heterocycles. The zero-order valence-corrected chi connectivity index (χ0v) is 14.6. The summed E-state index contributed by atoms with van der Waals surface area (Å²) in [6, 6.07) is 11.3. The first-order valence-electron chi connectivity index (χ1n) is 8.62. The number of amides is 2. The van der Waals surface area contributed by atoms with E-state index in [0.29, 0.717) is 31.5 Å². The van der Waals surface area contributed by atoms with Gasteiger partial charge >= 0.3 is 0 Å². The Bertz CT molecular complexity index is 789. The molecule has 0 saturated carbocycles. The number of carbonyl (C=O) groups is 2. The topological polar surface area (TPSA) is 89.9 Å². The smallest absolute Gasteiger partial charge is 0.254 e. The summed E-state index contributed by atoms with van der Waals surface area (Å²) in [6.45, 7) is 2.99. The average molecular weight is 354 g/mol. The van der Waals surface area contributed by atoms with Gasteiger partial charge in [0, 0.05) is 36.3 Å². The van der Waals surface area contributed by atoms with Crippen molar-refractivity contribution in [1.29, 1.82) is 0 Å². The van der Waals surface area contributed by atoms with E-state index in [1.165, 1.54) is 18.2 Å². The third-order valence-corrected chi connectivity index (χ3v) is 4.58. The Morgan fingerprint density at radius 2 is 1.54 bits per heavy atom. The highest BCUT2D eigenvalue weighted by atomic mass is 16.3. The zero-order valence-electron chi connectivity index (χ0n) is 14.6. The van der Waals surface area contributed by atoms with Crippen LogP contribution in [0.5, 0.6) is 11.5 Å². The average Bonchev–Trinajstić information content (AvgIpc) is 2.61. The predicted molar refractivity (Wildman–Crippen MR) is 97.3 cm³/mol. The lowest BCUT2D eigenvalue weighted by Gasteiger charge is -2.32. The SMILES string of the molecule is Cc1ccc(C(=O)NC2CCN(C(=O)c3cc(O)cc(O)c3)CC2)cc1. The van der Waals surface area contributed by atoms with Gasteiger partial charge in [-0.2, -0.15) is 0 Å². The molecule has 1 aliphatic rings. The van der Waals surface area contributed by atoms with Crippen molar-refractivity contribution in [2.75, 3.05) is 13.1 Å². The van der Waals surface area contributed by atoms with Crippen molar-refractivity contribution in [1.82, 2.24) is 10.2 Å². The van der Waals surface area contributed by atoms with E-state index in [9.17, 15) is 19.8 Å². The molecule has 1 saturated heterocycles. The molecular formula is C20H22N2O4. The molecule has 2 aromatic carbocycles. The molecule has 1 aliphatic heterocycles. The Morgan fingerprint density at radius 1 is 0.962 bits per heavy atom. The maximum atomic E-state index is 12.5. The second kappa shape index (κ2) is 7.47. The van der Waals surface area contributed by atoms with Crippen molar-refractivity contribution in [2.45, 2.75) is 25.8 Å². The van der Waals surface area contributed by atoms with Crippen LogP contribution in [-0.4, -0.2) is 46.1 Å². The number of nitrogens with zero attached hydrogens (tertiary/aromatic N) is 1. The molecule has 0 atom stereocenters. The number of aryl methyl sites for hydroxylation is 1. The third-order valence-electron chi connectivity index (χ3n) is 4.58. The summed E-state index contributed by atoms with van der Waals surface area (Å²) in [5.41, 5.74) is 1.99. The fraction of sp³-hybridized carbons (Fsp3) is 0.300. The van der Waals surface area contributed by atoms with E-state index in [1.54, 1.807) is 17.0 Å². The van der Waals surface area contributed by atoms with Crippen LogP contribution in [0.3, 0.4) is 0 Å². The summed E-state index contributed by atoms with van der Waals surface area (Å²) in [5.74, 6) is -0.630. The third kappa shape index (κ3) is 4.14. The van der Waals surface area contributed by atoms with Gasteiger partial charge in [0.15, 0.2) is 0 Å². The number of phenolic OH excluding ortho intramolecular Hbond substituents is 2. The molecule has 0 unspecified atom stereocenters. The molecule has 0 aliphatic carbocycles. The van der Waals surface area contributed by atoms with Gasteiger partial charge in [-0.15, -0.1) is 0 Å². The molecule has 26 heavy (non-hydrogen) atoms. The van der Waals surface area contributed by atoms with Gasteiger partial charge in [0.25, 0.3) is 11.8 Å². The quantitative estimate of drug-likeness (QED) is 0.790. The van der Waals surface area contributed by atoms with Crippen molar-refractivity contribution < 1.29 is 19.8 Å². The molecule has 3 rings (SSSR count). The Kier molecular flexibility index (Phi) is 5.11. The maximum absolute atomic E-state index is 12.5. The second-order valence-electron chi connectivity index (χ2n) is 6.64. The summed E-state index contributed by atoms with van der Waals surface area (Å²) in [4.78, 5) is 26.5. The minimum atomic E-state index is -0.237. The summed E-state index contributed by atoms with van der Waals surface area (Å²) in [6.07, 6.45) is 1.32. The molecule has 6 nitrogen and oxygen atoms in total. The highest BCUT2D eigenvalue weighted by Gasteiger charge is 2.25. The van der Waals surface area contributed by atoms with Crippen molar-refractivity contribution in [3.05, 3.63) is 59.2 Å². The van der Waals surface area contributed by atoms with Crippen LogP contribution in [0.15, 0.2) is 42.5 Å². The van der Waals surface area contributed by atoms with Gasteiger partial charge in [0.2, 0.25) is 0 Å². The molecule has 136 valence electrons. The second-order valence-corrected chi connectivity index (χ2v) is 6.64. The number of likely N-dealkylation sites (tertiary alicyclic amines) is 1. The molecule has 1 heterocycles. The van der Waals surface area contributed by atoms with Gasteiger partial charge in [0.1, 0.15) is 11.5 Å². The van der Waals surface area contributed by atoms with Crippen LogP contribution in [0.1, 0.15) is 39.1 Å². The van der Waals surface area contributed by atoms with Crippen LogP contribution in [0.2, 0.25) is 0 Å². The molecule has 1 fully saturated rings. The largest absolute Gasteiger partial charge is 0.508 e. The lowest BCUT2D eigenvalue weighted by molar-refractivity contribution is 0.0697. The number of aromatic hydroxyl groups is 2. The fourth-order valence-corrected chi connectivity index (χ4v) is 3.10. The molecular weight excluding hydrogens is 332 g/mol. The van der Waals surface area contributed by atoms with E-state index < -0.39 is 0 Å².